The van der Waals surface area contributed by atoms with Crippen molar-refractivity contribution >= 4 is 21.5 Å². The number of rotatable bonds is 2. The first-order valence-corrected chi connectivity index (χ1v) is 10.5. The molecule has 2 nitrogen and oxygen atoms in total. The molecule has 4 aromatic carbocycles. The standard InChI is InChI=1S/2C15H10N.Ir/c1-2-7-13(8-3-1)15-14-9-5-4-6-12(14)10-11-16-15;1-2-6-12(7-3-1)15-10-13-8-4-5-9-14(13)11-16-15;/h1-7,9-11H;1-6,8-11H;/q2*-1;. The van der Waals surface area contributed by atoms with Gasteiger partial charge in [0.15, 0.2) is 0 Å². The van der Waals surface area contributed by atoms with E-state index < -0.39 is 0 Å². The van der Waals surface area contributed by atoms with E-state index in [4.69, 9.17) is 0 Å². The third-order valence-electron chi connectivity index (χ3n) is 5.25. The van der Waals surface area contributed by atoms with Gasteiger partial charge in [0.2, 0.25) is 0 Å². The van der Waals surface area contributed by atoms with E-state index in [-0.39, 0.29) is 20.1 Å². The summed E-state index contributed by atoms with van der Waals surface area (Å²) in [7, 11) is 0. The summed E-state index contributed by atoms with van der Waals surface area (Å²) in [6, 6.07) is 42.9. The van der Waals surface area contributed by atoms with Crippen LogP contribution in [0.5, 0.6) is 0 Å². The Labute approximate surface area is 207 Å². The van der Waals surface area contributed by atoms with Gasteiger partial charge in [-0.15, -0.1) is 71.8 Å². The minimum absolute atomic E-state index is 0. The number of nitrogens with zero attached hydrogens (tertiary/aromatic N) is 2. The molecule has 0 atom stereocenters. The quantitative estimate of drug-likeness (QED) is 0.194. The van der Waals surface area contributed by atoms with E-state index in [2.05, 4.69) is 52.4 Å². The van der Waals surface area contributed by atoms with E-state index in [1.807, 2.05) is 91.3 Å². The molecule has 0 fully saturated rings. The Balaban J connectivity index is 0.000000152. The van der Waals surface area contributed by atoms with Gasteiger partial charge < -0.3 is 9.97 Å². The maximum absolute atomic E-state index is 4.45. The molecule has 0 aliphatic carbocycles. The van der Waals surface area contributed by atoms with Gasteiger partial charge in [0.1, 0.15) is 0 Å². The Morgan fingerprint density at radius 2 is 1.18 bits per heavy atom. The summed E-state index contributed by atoms with van der Waals surface area (Å²) >= 11 is 0. The summed E-state index contributed by atoms with van der Waals surface area (Å²) in [6.45, 7) is 0. The summed E-state index contributed by atoms with van der Waals surface area (Å²) < 4.78 is 0. The van der Waals surface area contributed by atoms with Crippen LogP contribution < -0.4 is 0 Å². The van der Waals surface area contributed by atoms with Crippen molar-refractivity contribution in [3.05, 3.63) is 134 Å². The number of pyridine rings is 2. The van der Waals surface area contributed by atoms with Crippen LogP contribution in [0.25, 0.3) is 44.1 Å². The Morgan fingerprint density at radius 1 is 0.545 bits per heavy atom. The van der Waals surface area contributed by atoms with Gasteiger partial charge in [-0.2, -0.15) is 0 Å². The van der Waals surface area contributed by atoms with E-state index in [0.717, 1.165) is 22.5 Å². The van der Waals surface area contributed by atoms with Gasteiger partial charge in [-0.3, -0.25) is 0 Å². The molecule has 0 saturated heterocycles. The SMILES string of the molecule is [Ir].[c-]1ccccc1-c1cc2ccccc2cn1.[c-]1ccccc1-c1nccc2ccccc12. The number of benzene rings is 4. The number of hydrogen-bond donors (Lipinski definition) is 0. The smallest absolute Gasteiger partial charge is 0.0239 e. The second-order valence-electron chi connectivity index (χ2n) is 7.35. The number of aromatic nitrogens is 2. The van der Waals surface area contributed by atoms with Crippen molar-refractivity contribution in [3.63, 3.8) is 0 Å². The summed E-state index contributed by atoms with van der Waals surface area (Å²) in [6.07, 6.45) is 3.75. The van der Waals surface area contributed by atoms with Gasteiger partial charge in [-0.05, 0) is 39.0 Å². The van der Waals surface area contributed by atoms with Crippen molar-refractivity contribution in [2.45, 2.75) is 0 Å². The molecule has 0 saturated carbocycles. The van der Waals surface area contributed by atoms with Crippen LogP contribution in [0.3, 0.4) is 0 Å². The summed E-state index contributed by atoms with van der Waals surface area (Å²) in [5, 5.41) is 4.77. The second kappa shape index (κ2) is 10.8. The summed E-state index contributed by atoms with van der Waals surface area (Å²) in [5.41, 5.74) is 4.05. The minimum Gasteiger partial charge on any atom is -0.304 e. The topological polar surface area (TPSA) is 25.8 Å². The van der Waals surface area contributed by atoms with Crippen LogP contribution in [0.2, 0.25) is 0 Å². The molecule has 0 aliphatic heterocycles. The molecular formula is C30H20IrN2-2. The van der Waals surface area contributed by atoms with Gasteiger partial charge in [-0.25, -0.2) is 0 Å². The van der Waals surface area contributed by atoms with Gasteiger partial charge in [0.05, 0.1) is 0 Å². The molecule has 6 rings (SSSR count). The first kappa shape index (κ1) is 22.5. The van der Waals surface area contributed by atoms with E-state index in [0.29, 0.717) is 0 Å². The molecule has 0 bridgehead atoms. The molecule has 161 valence electrons. The Kier molecular flexibility index (Phi) is 7.36. The van der Waals surface area contributed by atoms with Crippen molar-refractivity contribution in [1.29, 1.82) is 0 Å². The largest absolute Gasteiger partial charge is 0.304 e. The van der Waals surface area contributed by atoms with Crippen LogP contribution in [-0.4, -0.2) is 9.97 Å². The fourth-order valence-electron chi connectivity index (χ4n) is 3.66. The molecule has 0 unspecified atom stereocenters. The van der Waals surface area contributed by atoms with E-state index >= 15 is 0 Å². The molecule has 3 heteroatoms. The summed E-state index contributed by atoms with van der Waals surface area (Å²) in [4.78, 5) is 8.89. The average Bonchev–Trinajstić information content (AvgIpc) is 2.89. The fraction of sp³-hybridized carbons (Fsp3) is 0. The van der Waals surface area contributed by atoms with Crippen LogP contribution in [0.15, 0.2) is 122 Å². The van der Waals surface area contributed by atoms with Gasteiger partial charge >= 0.3 is 0 Å². The Bertz CT molecular complexity index is 1450. The molecular weight excluding hydrogens is 581 g/mol. The van der Waals surface area contributed by atoms with Crippen LogP contribution >= 0.6 is 0 Å². The maximum atomic E-state index is 4.45. The van der Waals surface area contributed by atoms with Crippen LogP contribution in [0.1, 0.15) is 0 Å². The van der Waals surface area contributed by atoms with E-state index in [1.54, 1.807) is 0 Å². The Hall–Kier alpha value is -3.65. The van der Waals surface area contributed by atoms with Crippen LogP contribution in [0, 0.1) is 12.1 Å². The minimum atomic E-state index is 0. The molecule has 0 spiro atoms. The molecule has 1 radical (unpaired) electrons. The van der Waals surface area contributed by atoms with Crippen LogP contribution in [-0.2, 0) is 20.1 Å². The summed E-state index contributed by atoms with van der Waals surface area (Å²) in [5.74, 6) is 0. The second-order valence-corrected chi connectivity index (χ2v) is 7.35. The van der Waals surface area contributed by atoms with Crippen molar-refractivity contribution in [2.75, 3.05) is 0 Å². The molecule has 6 aromatic rings. The zero-order valence-corrected chi connectivity index (χ0v) is 20.2. The van der Waals surface area contributed by atoms with Crippen LogP contribution in [0.4, 0.5) is 0 Å². The number of hydrogen-bond acceptors (Lipinski definition) is 2. The van der Waals surface area contributed by atoms with Gasteiger partial charge in [0.25, 0.3) is 0 Å². The molecule has 2 heterocycles. The normalized spacial score (nSPS) is 10.2. The van der Waals surface area contributed by atoms with Crippen molar-refractivity contribution in [1.82, 2.24) is 9.97 Å². The van der Waals surface area contributed by atoms with Crippen molar-refractivity contribution in [2.24, 2.45) is 0 Å². The first-order chi connectivity index (χ1) is 15.9. The molecule has 2 aromatic heterocycles. The zero-order chi connectivity index (χ0) is 21.6. The van der Waals surface area contributed by atoms with Gasteiger partial charge in [-0.1, -0.05) is 54.6 Å². The molecule has 0 aliphatic rings. The van der Waals surface area contributed by atoms with Gasteiger partial charge in [0, 0.05) is 32.5 Å². The predicted molar refractivity (Wildman–Crippen MR) is 132 cm³/mol. The van der Waals surface area contributed by atoms with Crippen molar-refractivity contribution in [3.8, 4) is 22.5 Å². The predicted octanol–water partition coefficient (Wildman–Crippen LogP) is 7.40. The van der Waals surface area contributed by atoms with Crippen molar-refractivity contribution < 1.29 is 20.1 Å². The molecule has 33 heavy (non-hydrogen) atoms. The maximum Gasteiger partial charge on any atom is 0.0239 e. The molecule has 0 amide bonds. The van der Waals surface area contributed by atoms with E-state index in [9.17, 15) is 0 Å². The third kappa shape index (κ3) is 5.23. The Morgan fingerprint density at radius 3 is 1.91 bits per heavy atom. The zero-order valence-electron chi connectivity index (χ0n) is 17.8. The fourth-order valence-corrected chi connectivity index (χ4v) is 3.66. The monoisotopic (exact) mass is 601 g/mol. The van der Waals surface area contributed by atoms with E-state index in [1.165, 1.54) is 21.5 Å². The third-order valence-corrected chi connectivity index (χ3v) is 5.25. The molecule has 0 N–H and O–H groups in total. The first-order valence-electron chi connectivity index (χ1n) is 10.5. The number of fused-ring (bicyclic) bond motifs is 2. The average molecular weight is 601 g/mol.